The monoisotopic (exact) mass is 292 g/mol. The molecular formula is C15H21BO5. The van der Waals surface area contributed by atoms with Crippen LogP contribution in [0.2, 0.25) is 0 Å². The minimum atomic E-state index is -1.44. The summed E-state index contributed by atoms with van der Waals surface area (Å²) in [5, 5.41) is 18.4. The summed E-state index contributed by atoms with van der Waals surface area (Å²) in [7, 11) is -1.44. The average molecular weight is 292 g/mol. The van der Waals surface area contributed by atoms with Crippen molar-refractivity contribution in [3.05, 3.63) is 23.8 Å². The number of benzene rings is 1. The second-order valence-electron chi connectivity index (χ2n) is 5.97. The molecule has 1 aromatic carbocycles. The third-order valence-electron chi connectivity index (χ3n) is 4.31. The Balaban J connectivity index is 1.68. The van der Waals surface area contributed by atoms with Gasteiger partial charge in [0.25, 0.3) is 0 Å². The lowest BCUT2D eigenvalue weighted by atomic mass is 9.79. The molecule has 1 spiro atoms. The SMILES string of the molecule is Cc1cc(B(O)O)ccc1OC1CCOC2(CCOC2)C1. The van der Waals surface area contributed by atoms with Gasteiger partial charge in [0.2, 0.25) is 0 Å². The van der Waals surface area contributed by atoms with Crippen LogP contribution in [-0.4, -0.2) is 48.7 Å². The van der Waals surface area contributed by atoms with E-state index in [1.54, 1.807) is 18.2 Å². The van der Waals surface area contributed by atoms with Gasteiger partial charge in [0.1, 0.15) is 11.9 Å². The molecule has 2 N–H and O–H groups in total. The molecule has 0 bridgehead atoms. The van der Waals surface area contributed by atoms with Gasteiger partial charge >= 0.3 is 7.12 Å². The lowest BCUT2D eigenvalue weighted by Crippen LogP contribution is -2.44. The maximum atomic E-state index is 9.18. The molecule has 0 aliphatic carbocycles. The summed E-state index contributed by atoms with van der Waals surface area (Å²) >= 11 is 0. The van der Waals surface area contributed by atoms with Gasteiger partial charge in [0.15, 0.2) is 0 Å². The third-order valence-corrected chi connectivity index (χ3v) is 4.31. The van der Waals surface area contributed by atoms with E-state index >= 15 is 0 Å². The third kappa shape index (κ3) is 3.24. The van der Waals surface area contributed by atoms with E-state index in [-0.39, 0.29) is 11.7 Å². The number of ether oxygens (including phenoxy) is 3. The quantitative estimate of drug-likeness (QED) is 0.789. The Kier molecular flexibility index (Phi) is 4.22. The van der Waals surface area contributed by atoms with Crippen molar-refractivity contribution < 1.29 is 24.3 Å². The van der Waals surface area contributed by atoms with E-state index < -0.39 is 7.12 Å². The number of hydrogen-bond acceptors (Lipinski definition) is 5. The summed E-state index contributed by atoms with van der Waals surface area (Å²) in [6.07, 6.45) is 2.76. The van der Waals surface area contributed by atoms with E-state index in [0.29, 0.717) is 18.7 Å². The molecule has 2 aliphatic heterocycles. The van der Waals surface area contributed by atoms with Crippen LogP contribution in [0.25, 0.3) is 0 Å². The molecule has 2 fully saturated rings. The summed E-state index contributed by atoms with van der Waals surface area (Å²) in [5.74, 6) is 0.792. The van der Waals surface area contributed by atoms with Crippen LogP contribution in [0.4, 0.5) is 0 Å². The van der Waals surface area contributed by atoms with Crippen LogP contribution < -0.4 is 10.2 Å². The molecule has 0 radical (unpaired) electrons. The summed E-state index contributed by atoms with van der Waals surface area (Å²) in [6, 6.07) is 5.23. The zero-order valence-electron chi connectivity index (χ0n) is 12.2. The van der Waals surface area contributed by atoms with Crippen molar-refractivity contribution in [3.63, 3.8) is 0 Å². The highest BCUT2D eigenvalue weighted by Crippen LogP contribution is 2.34. The van der Waals surface area contributed by atoms with E-state index in [9.17, 15) is 10.0 Å². The zero-order chi connectivity index (χ0) is 14.9. The van der Waals surface area contributed by atoms with E-state index in [2.05, 4.69) is 0 Å². The predicted octanol–water partition coefficient (Wildman–Crippen LogP) is 0.392. The first-order valence-corrected chi connectivity index (χ1v) is 7.43. The predicted molar refractivity (Wildman–Crippen MR) is 78.8 cm³/mol. The molecule has 21 heavy (non-hydrogen) atoms. The van der Waals surface area contributed by atoms with Crippen LogP contribution in [0.3, 0.4) is 0 Å². The normalized spacial score (nSPS) is 28.8. The van der Waals surface area contributed by atoms with E-state index in [1.165, 1.54) is 0 Å². The van der Waals surface area contributed by atoms with Crippen molar-refractivity contribution in [2.45, 2.75) is 37.9 Å². The van der Waals surface area contributed by atoms with Crippen LogP contribution in [0, 0.1) is 6.92 Å². The van der Waals surface area contributed by atoms with Crippen molar-refractivity contribution in [1.29, 1.82) is 0 Å². The molecule has 2 saturated heterocycles. The lowest BCUT2D eigenvalue weighted by Gasteiger charge is -2.37. The number of aryl methyl sites for hydroxylation is 1. The highest BCUT2D eigenvalue weighted by molar-refractivity contribution is 6.58. The highest BCUT2D eigenvalue weighted by Gasteiger charge is 2.41. The smallest absolute Gasteiger partial charge is 0.488 e. The highest BCUT2D eigenvalue weighted by atomic mass is 16.6. The Morgan fingerprint density at radius 1 is 1.33 bits per heavy atom. The molecule has 2 aliphatic rings. The van der Waals surface area contributed by atoms with Gasteiger partial charge in [-0.25, -0.2) is 0 Å². The Hall–Kier alpha value is -1.08. The van der Waals surface area contributed by atoms with Crippen molar-refractivity contribution in [2.75, 3.05) is 19.8 Å². The summed E-state index contributed by atoms with van der Waals surface area (Å²) < 4.78 is 17.5. The van der Waals surface area contributed by atoms with Gasteiger partial charge in [0.05, 0.1) is 18.8 Å². The molecule has 1 aromatic rings. The Labute approximate surface area is 125 Å². The zero-order valence-corrected chi connectivity index (χ0v) is 12.2. The summed E-state index contributed by atoms with van der Waals surface area (Å²) in [4.78, 5) is 0. The Morgan fingerprint density at radius 3 is 2.86 bits per heavy atom. The first kappa shape index (κ1) is 14.8. The van der Waals surface area contributed by atoms with Crippen molar-refractivity contribution in [3.8, 4) is 5.75 Å². The maximum absolute atomic E-state index is 9.18. The van der Waals surface area contributed by atoms with Gasteiger partial charge < -0.3 is 24.3 Å². The molecule has 0 aromatic heterocycles. The minimum Gasteiger partial charge on any atom is -0.490 e. The van der Waals surface area contributed by atoms with Gasteiger partial charge in [-0.2, -0.15) is 0 Å². The molecule has 2 unspecified atom stereocenters. The molecule has 6 heteroatoms. The Bertz CT molecular complexity index is 499. The lowest BCUT2D eigenvalue weighted by molar-refractivity contribution is -0.112. The van der Waals surface area contributed by atoms with Crippen molar-refractivity contribution in [2.24, 2.45) is 0 Å². The molecule has 0 amide bonds. The van der Waals surface area contributed by atoms with Gasteiger partial charge in [-0.1, -0.05) is 12.1 Å². The van der Waals surface area contributed by atoms with Crippen LogP contribution >= 0.6 is 0 Å². The van der Waals surface area contributed by atoms with E-state index in [1.807, 2.05) is 6.92 Å². The van der Waals surface area contributed by atoms with E-state index in [0.717, 1.165) is 37.2 Å². The van der Waals surface area contributed by atoms with Gasteiger partial charge in [-0.15, -0.1) is 0 Å². The molecule has 0 saturated carbocycles. The molecular weight excluding hydrogens is 271 g/mol. The second-order valence-corrected chi connectivity index (χ2v) is 5.97. The average Bonchev–Trinajstić information content (AvgIpc) is 2.89. The summed E-state index contributed by atoms with van der Waals surface area (Å²) in [5.41, 5.74) is 1.22. The standard InChI is InChI=1S/C15H21BO5/c1-11-8-12(16(17)18)2-3-14(11)21-13-4-6-20-15(9-13)5-7-19-10-15/h2-3,8,13,17-18H,4-7,9-10H2,1H3. The fraction of sp³-hybridized carbons (Fsp3) is 0.600. The molecule has 114 valence electrons. The van der Waals surface area contributed by atoms with Crippen molar-refractivity contribution >= 4 is 12.6 Å². The minimum absolute atomic E-state index is 0.115. The molecule has 2 heterocycles. The number of hydrogen-bond donors (Lipinski definition) is 2. The van der Waals surface area contributed by atoms with Crippen LogP contribution in [0.1, 0.15) is 24.8 Å². The molecule has 5 nitrogen and oxygen atoms in total. The van der Waals surface area contributed by atoms with Gasteiger partial charge in [-0.05, 0) is 24.0 Å². The van der Waals surface area contributed by atoms with E-state index in [4.69, 9.17) is 14.2 Å². The van der Waals surface area contributed by atoms with Crippen LogP contribution in [0.5, 0.6) is 5.75 Å². The fourth-order valence-electron chi connectivity index (χ4n) is 3.09. The molecule has 3 rings (SSSR count). The first-order valence-electron chi connectivity index (χ1n) is 7.43. The summed E-state index contributed by atoms with van der Waals surface area (Å²) in [6.45, 7) is 4.02. The largest absolute Gasteiger partial charge is 0.490 e. The first-order chi connectivity index (χ1) is 10.1. The Morgan fingerprint density at radius 2 is 2.19 bits per heavy atom. The fourth-order valence-corrected chi connectivity index (χ4v) is 3.09. The molecule has 2 atom stereocenters. The van der Waals surface area contributed by atoms with Crippen LogP contribution in [-0.2, 0) is 9.47 Å². The van der Waals surface area contributed by atoms with Gasteiger partial charge in [-0.3, -0.25) is 0 Å². The topological polar surface area (TPSA) is 68.2 Å². The second kappa shape index (κ2) is 5.97. The van der Waals surface area contributed by atoms with Crippen LogP contribution in [0.15, 0.2) is 18.2 Å². The number of rotatable bonds is 3. The maximum Gasteiger partial charge on any atom is 0.488 e. The van der Waals surface area contributed by atoms with Crippen molar-refractivity contribution in [1.82, 2.24) is 0 Å². The van der Waals surface area contributed by atoms with Gasteiger partial charge in [0, 0.05) is 25.9 Å².